The number of pyridine rings is 1. The summed E-state index contributed by atoms with van der Waals surface area (Å²) in [7, 11) is 1.61. The van der Waals surface area contributed by atoms with Gasteiger partial charge in [-0.3, -0.25) is 23.8 Å². The molecule has 2 aromatic heterocycles. The third kappa shape index (κ3) is 5.69. The second kappa shape index (κ2) is 11.4. The number of ether oxygens (including phenoxy) is 2. The fourth-order valence-corrected chi connectivity index (χ4v) is 5.44. The number of hydrogen-bond acceptors (Lipinski definition) is 9. The Hall–Kier alpha value is -3.25. The molecule has 0 unspecified atom stereocenters. The van der Waals surface area contributed by atoms with E-state index in [1.54, 1.807) is 36.4 Å². The third-order valence-electron chi connectivity index (χ3n) is 6.24. The molecule has 11 heteroatoms. The summed E-state index contributed by atoms with van der Waals surface area (Å²) in [5, 5.41) is 3.33. The summed E-state index contributed by atoms with van der Waals surface area (Å²) in [6.45, 7) is 4.93. The lowest BCUT2D eigenvalue weighted by atomic mass is 10.2. The van der Waals surface area contributed by atoms with Gasteiger partial charge in [-0.1, -0.05) is 42.2 Å². The molecule has 2 fully saturated rings. The van der Waals surface area contributed by atoms with Gasteiger partial charge in [0.25, 0.3) is 11.5 Å². The number of thioether (sulfide) groups is 1. The molecule has 2 saturated heterocycles. The molecule has 1 N–H and O–H groups in total. The van der Waals surface area contributed by atoms with E-state index >= 15 is 0 Å². The van der Waals surface area contributed by atoms with Gasteiger partial charge in [-0.25, -0.2) is 4.98 Å². The summed E-state index contributed by atoms with van der Waals surface area (Å²) in [6.07, 6.45) is 3.29. The first-order chi connectivity index (χ1) is 18.0. The molecule has 0 saturated carbocycles. The van der Waals surface area contributed by atoms with Crippen LogP contribution in [0.2, 0.25) is 0 Å². The summed E-state index contributed by atoms with van der Waals surface area (Å²) in [4.78, 5) is 35.7. The molecule has 0 spiro atoms. The Morgan fingerprint density at radius 1 is 1.16 bits per heavy atom. The molecule has 0 atom stereocenters. The zero-order valence-electron chi connectivity index (χ0n) is 20.4. The molecule has 1 amide bonds. The second-order valence-electron chi connectivity index (χ2n) is 8.60. The minimum absolute atomic E-state index is 0.234. The van der Waals surface area contributed by atoms with Crippen molar-refractivity contribution in [1.82, 2.24) is 19.2 Å². The fourth-order valence-electron chi connectivity index (χ4n) is 4.21. The molecule has 5 rings (SSSR count). The van der Waals surface area contributed by atoms with Gasteiger partial charge in [0.15, 0.2) is 0 Å². The molecule has 9 nitrogen and oxygen atoms in total. The van der Waals surface area contributed by atoms with E-state index in [-0.39, 0.29) is 11.5 Å². The van der Waals surface area contributed by atoms with Gasteiger partial charge in [-0.05, 0) is 35.9 Å². The van der Waals surface area contributed by atoms with Gasteiger partial charge in [-0.2, -0.15) is 0 Å². The van der Waals surface area contributed by atoms with Crippen molar-refractivity contribution in [1.29, 1.82) is 0 Å². The average molecular weight is 538 g/mol. The summed E-state index contributed by atoms with van der Waals surface area (Å²) >= 11 is 6.71. The molecule has 37 heavy (non-hydrogen) atoms. The second-order valence-corrected chi connectivity index (χ2v) is 10.3. The van der Waals surface area contributed by atoms with Crippen LogP contribution >= 0.6 is 24.0 Å². The quantitative estimate of drug-likeness (QED) is 0.344. The normalized spacial score (nSPS) is 17.6. The van der Waals surface area contributed by atoms with Crippen LogP contribution in [0.25, 0.3) is 11.7 Å². The van der Waals surface area contributed by atoms with Gasteiger partial charge >= 0.3 is 0 Å². The summed E-state index contributed by atoms with van der Waals surface area (Å²) in [6, 6.07) is 12.9. The van der Waals surface area contributed by atoms with Gasteiger partial charge < -0.3 is 14.8 Å². The molecule has 0 radical (unpaired) electrons. The number of anilines is 1. The van der Waals surface area contributed by atoms with Crippen LogP contribution in [0.5, 0.6) is 5.75 Å². The maximum atomic E-state index is 13.5. The van der Waals surface area contributed by atoms with Crippen molar-refractivity contribution in [2.45, 2.75) is 6.54 Å². The number of methoxy groups -OCH3 is 1. The third-order valence-corrected chi connectivity index (χ3v) is 7.62. The standard InChI is InChI=1S/C26H27N5O4S2/c1-34-19-7-5-18(6-8-19)17-31-25(33)21(37-26(31)36)16-20-23(27-9-11-29-12-14-35-15-13-29)28-22-4-2-3-10-30(22)24(20)32/h2-8,10,16,27H,9,11-15,17H2,1H3. The molecule has 4 heterocycles. The maximum absolute atomic E-state index is 13.5. The van der Waals surface area contributed by atoms with Crippen LogP contribution in [0.3, 0.4) is 0 Å². The van der Waals surface area contributed by atoms with E-state index in [0.29, 0.717) is 39.3 Å². The van der Waals surface area contributed by atoms with Crippen molar-refractivity contribution in [3.63, 3.8) is 0 Å². The van der Waals surface area contributed by atoms with Gasteiger partial charge in [0, 0.05) is 32.4 Å². The van der Waals surface area contributed by atoms with Crippen molar-refractivity contribution in [3.8, 4) is 5.75 Å². The molecule has 192 valence electrons. The predicted molar refractivity (Wildman–Crippen MR) is 149 cm³/mol. The van der Waals surface area contributed by atoms with Crippen LogP contribution in [0, 0.1) is 0 Å². The average Bonchev–Trinajstić information content (AvgIpc) is 3.19. The number of thiocarbonyl (C=S) groups is 1. The zero-order valence-corrected chi connectivity index (χ0v) is 22.0. The highest BCUT2D eigenvalue weighted by molar-refractivity contribution is 8.26. The number of morpholine rings is 1. The SMILES string of the molecule is COc1ccc(CN2C(=O)C(=Cc3c(NCCN4CCOCC4)nc4ccccn4c3=O)SC2=S)cc1. The monoisotopic (exact) mass is 537 g/mol. The topological polar surface area (TPSA) is 88.4 Å². The van der Waals surface area contributed by atoms with Gasteiger partial charge in [0.2, 0.25) is 0 Å². The number of aromatic nitrogens is 2. The Bertz CT molecular complexity index is 1400. The number of amides is 1. The number of rotatable bonds is 8. The van der Waals surface area contributed by atoms with Crippen LogP contribution in [0.4, 0.5) is 5.82 Å². The van der Waals surface area contributed by atoms with E-state index in [1.165, 1.54) is 16.2 Å². The van der Waals surface area contributed by atoms with Crippen LogP contribution in [-0.4, -0.2) is 75.9 Å². The van der Waals surface area contributed by atoms with Gasteiger partial charge in [0.05, 0.1) is 37.3 Å². The van der Waals surface area contributed by atoms with Crippen LogP contribution < -0.4 is 15.6 Å². The van der Waals surface area contributed by atoms with Crippen LogP contribution in [0.15, 0.2) is 58.4 Å². The van der Waals surface area contributed by atoms with E-state index in [4.69, 9.17) is 26.7 Å². The highest BCUT2D eigenvalue weighted by Crippen LogP contribution is 2.34. The number of benzene rings is 1. The summed E-state index contributed by atoms with van der Waals surface area (Å²) < 4.78 is 12.6. The molecule has 0 bridgehead atoms. The van der Waals surface area contributed by atoms with Gasteiger partial charge in [0.1, 0.15) is 21.5 Å². The van der Waals surface area contributed by atoms with E-state index in [9.17, 15) is 9.59 Å². The summed E-state index contributed by atoms with van der Waals surface area (Å²) in [5.41, 5.74) is 1.54. The number of carbonyl (C=O) groups excluding carboxylic acids is 1. The highest BCUT2D eigenvalue weighted by atomic mass is 32.2. The van der Waals surface area contributed by atoms with Crippen molar-refractivity contribution in [2.75, 3.05) is 51.8 Å². The summed E-state index contributed by atoms with van der Waals surface area (Å²) in [5.74, 6) is 0.958. The number of nitrogens with zero attached hydrogens (tertiary/aromatic N) is 4. The van der Waals surface area contributed by atoms with E-state index < -0.39 is 0 Å². The molecular formula is C26H27N5O4S2. The van der Waals surface area contributed by atoms with Crippen molar-refractivity contribution in [3.05, 3.63) is 75.0 Å². The van der Waals surface area contributed by atoms with Gasteiger partial charge in [-0.15, -0.1) is 0 Å². The molecule has 2 aliphatic heterocycles. The van der Waals surface area contributed by atoms with E-state index in [1.807, 2.05) is 30.3 Å². The number of hydrogen-bond donors (Lipinski definition) is 1. The first-order valence-corrected chi connectivity index (χ1v) is 13.2. The smallest absolute Gasteiger partial charge is 0.267 e. The number of fused-ring (bicyclic) bond motifs is 1. The fraction of sp³-hybridized carbons (Fsp3) is 0.308. The van der Waals surface area contributed by atoms with Crippen LogP contribution in [-0.2, 0) is 16.1 Å². The van der Waals surface area contributed by atoms with Crippen molar-refractivity contribution >= 4 is 51.7 Å². The van der Waals surface area contributed by atoms with E-state index in [2.05, 4.69) is 10.2 Å². The minimum atomic E-state index is -0.250. The Balaban J connectivity index is 1.41. The molecule has 2 aliphatic rings. The lowest BCUT2D eigenvalue weighted by Gasteiger charge is -2.26. The number of nitrogens with one attached hydrogen (secondary N) is 1. The lowest BCUT2D eigenvalue weighted by Crippen LogP contribution is -2.39. The van der Waals surface area contributed by atoms with Crippen molar-refractivity contribution < 1.29 is 14.3 Å². The Morgan fingerprint density at radius 2 is 1.95 bits per heavy atom. The Labute approximate surface area is 224 Å². The van der Waals surface area contributed by atoms with Crippen molar-refractivity contribution in [2.24, 2.45) is 0 Å². The first-order valence-electron chi connectivity index (χ1n) is 12.0. The minimum Gasteiger partial charge on any atom is -0.497 e. The predicted octanol–water partition coefficient (Wildman–Crippen LogP) is 2.85. The maximum Gasteiger partial charge on any atom is 0.267 e. The molecule has 1 aromatic carbocycles. The Kier molecular flexibility index (Phi) is 7.85. The van der Waals surface area contributed by atoms with E-state index in [0.717, 1.165) is 44.2 Å². The first kappa shape index (κ1) is 25.4. The molecule has 3 aromatic rings. The van der Waals surface area contributed by atoms with Crippen LogP contribution in [0.1, 0.15) is 11.1 Å². The lowest BCUT2D eigenvalue weighted by molar-refractivity contribution is -0.122. The molecule has 0 aliphatic carbocycles. The largest absolute Gasteiger partial charge is 0.497 e. The zero-order chi connectivity index (χ0) is 25.8. The number of carbonyl (C=O) groups is 1. The Morgan fingerprint density at radius 3 is 2.70 bits per heavy atom. The highest BCUT2D eigenvalue weighted by Gasteiger charge is 2.32. The molecular weight excluding hydrogens is 510 g/mol.